The van der Waals surface area contributed by atoms with E-state index in [2.05, 4.69) is 28.1 Å². The smallest absolute Gasteiger partial charge is 0.102 e. The van der Waals surface area contributed by atoms with Crippen LogP contribution in [-0.4, -0.2) is 0 Å². The summed E-state index contributed by atoms with van der Waals surface area (Å²) in [6.07, 6.45) is 0. The monoisotopic (exact) mass is 373 g/mol. The number of hydrogen-bond acceptors (Lipinski definition) is 2. The third-order valence-corrected chi connectivity index (χ3v) is 4.94. The van der Waals surface area contributed by atoms with Crippen LogP contribution in [0.5, 0.6) is 0 Å². The van der Waals surface area contributed by atoms with Crippen LogP contribution in [-0.2, 0) is 0 Å². The summed E-state index contributed by atoms with van der Waals surface area (Å²) in [5.74, 6) is 0. The van der Waals surface area contributed by atoms with Crippen LogP contribution in [0.3, 0.4) is 0 Å². The summed E-state index contributed by atoms with van der Waals surface area (Å²) < 4.78 is 1.04. The molecule has 0 bridgehead atoms. The zero-order valence-electron chi connectivity index (χ0n) is 10.8. The van der Waals surface area contributed by atoms with Crippen molar-refractivity contribution in [2.75, 3.05) is 0 Å². The summed E-state index contributed by atoms with van der Waals surface area (Å²) in [5, 5.41) is 14.0. The molecule has 0 atom stereocenters. The van der Waals surface area contributed by atoms with Gasteiger partial charge in [-0.25, -0.2) is 0 Å². The number of rotatable bonds is 2. The van der Waals surface area contributed by atoms with Crippen molar-refractivity contribution in [2.45, 2.75) is 0 Å². The number of halogens is 2. The van der Waals surface area contributed by atoms with Crippen LogP contribution in [0.2, 0.25) is 0 Å². The Balaban J connectivity index is 2.15. The standard InChI is InChI=1S/C17H9BrClNS/c18-14-6-5-11-8-13(4-3-12(11)9-14)17(19)15(10-20)16-2-1-7-21-16/h1-9H/b17-15-. The van der Waals surface area contributed by atoms with E-state index in [9.17, 15) is 5.26 Å². The van der Waals surface area contributed by atoms with E-state index in [-0.39, 0.29) is 0 Å². The molecular formula is C17H9BrClNS. The molecule has 0 fully saturated rings. The van der Waals surface area contributed by atoms with Gasteiger partial charge in [0.1, 0.15) is 6.07 Å². The summed E-state index contributed by atoms with van der Waals surface area (Å²) in [7, 11) is 0. The van der Waals surface area contributed by atoms with Gasteiger partial charge in [-0.3, -0.25) is 0 Å². The molecule has 3 rings (SSSR count). The molecule has 0 unspecified atom stereocenters. The van der Waals surface area contributed by atoms with Crippen LogP contribution in [0.25, 0.3) is 21.4 Å². The second kappa shape index (κ2) is 6.03. The third kappa shape index (κ3) is 2.89. The molecule has 4 heteroatoms. The van der Waals surface area contributed by atoms with Gasteiger partial charge in [0.25, 0.3) is 0 Å². The molecule has 0 aliphatic heterocycles. The molecule has 0 radical (unpaired) electrons. The third-order valence-electron chi connectivity index (χ3n) is 3.15. The van der Waals surface area contributed by atoms with Gasteiger partial charge in [0.2, 0.25) is 0 Å². The Morgan fingerprint density at radius 3 is 2.57 bits per heavy atom. The van der Waals surface area contributed by atoms with Crippen LogP contribution in [0, 0.1) is 11.3 Å². The van der Waals surface area contributed by atoms with Gasteiger partial charge in [0.15, 0.2) is 0 Å². The number of nitrogens with zero attached hydrogens (tertiary/aromatic N) is 1. The molecule has 0 spiro atoms. The van der Waals surface area contributed by atoms with Crippen molar-refractivity contribution in [3.8, 4) is 6.07 Å². The van der Waals surface area contributed by atoms with Gasteiger partial charge in [-0.2, -0.15) is 5.26 Å². The Labute approximate surface area is 140 Å². The fourth-order valence-electron chi connectivity index (χ4n) is 2.13. The van der Waals surface area contributed by atoms with Gasteiger partial charge >= 0.3 is 0 Å². The van der Waals surface area contributed by atoms with E-state index in [1.54, 1.807) is 0 Å². The average Bonchev–Trinajstić information content (AvgIpc) is 3.01. The van der Waals surface area contributed by atoms with Crippen molar-refractivity contribution in [1.29, 1.82) is 5.26 Å². The highest BCUT2D eigenvalue weighted by Gasteiger charge is 2.11. The quantitative estimate of drug-likeness (QED) is 0.483. The molecule has 1 heterocycles. The molecule has 0 aliphatic carbocycles. The molecule has 3 aromatic rings. The van der Waals surface area contributed by atoms with Gasteiger partial charge < -0.3 is 0 Å². The zero-order chi connectivity index (χ0) is 14.8. The van der Waals surface area contributed by atoms with E-state index in [1.165, 1.54) is 11.3 Å². The van der Waals surface area contributed by atoms with Gasteiger partial charge in [-0.15, -0.1) is 11.3 Å². The van der Waals surface area contributed by atoms with Crippen molar-refractivity contribution in [3.63, 3.8) is 0 Å². The first-order valence-corrected chi connectivity index (χ1v) is 8.27. The van der Waals surface area contributed by atoms with Crippen molar-refractivity contribution in [1.82, 2.24) is 0 Å². The predicted octanol–water partition coefficient (Wildman–Crippen LogP) is 6.29. The summed E-state index contributed by atoms with van der Waals surface area (Å²) >= 11 is 11.4. The number of allylic oxidation sites excluding steroid dienone is 1. The summed E-state index contributed by atoms with van der Waals surface area (Å²) in [5.41, 5.74) is 1.37. The molecule has 0 saturated carbocycles. The lowest BCUT2D eigenvalue weighted by atomic mass is 10.0. The van der Waals surface area contributed by atoms with Crippen molar-refractivity contribution >= 4 is 60.2 Å². The normalized spacial score (nSPS) is 12.0. The Morgan fingerprint density at radius 1 is 1.10 bits per heavy atom. The Morgan fingerprint density at radius 2 is 1.86 bits per heavy atom. The maximum atomic E-state index is 9.39. The lowest BCUT2D eigenvalue weighted by Gasteiger charge is -2.05. The molecule has 102 valence electrons. The topological polar surface area (TPSA) is 23.8 Å². The van der Waals surface area contributed by atoms with Gasteiger partial charge in [-0.05, 0) is 46.0 Å². The first kappa shape index (κ1) is 14.3. The minimum atomic E-state index is 0.491. The Hall–Kier alpha value is -1.60. The van der Waals surface area contributed by atoms with Crippen LogP contribution in [0.4, 0.5) is 0 Å². The average molecular weight is 375 g/mol. The van der Waals surface area contributed by atoms with Crippen LogP contribution in [0.1, 0.15) is 10.4 Å². The number of benzene rings is 2. The van der Waals surface area contributed by atoms with E-state index in [0.717, 1.165) is 25.7 Å². The fourth-order valence-corrected chi connectivity index (χ4v) is 3.55. The highest BCUT2D eigenvalue weighted by Crippen LogP contribution is 2.33. The molecule has 0 N–H and O–H groups in total. The molecule has 2 aromatic carbocycles. The van der Waals surface area contributed by atoms with E-state index < -0.39 is 0 Å². The highest BCUT2D eigenvalue weighted by atomic mass is 79.9. The molecule has 21 heavy (non-hydrogen) atoms. The second-order valence-electron chi connectivity index (χ2n) is 4.48. The lowest BCUT2D eigenvalue weighted by molar-refractivity contribution is 1.54. The molecule has 1 aromatic heterocycles. The number of hydrogen-bond donors (Lipinski definition) is 0. The first-order chi connectivity index (χ1) is 10.2. The maximum absolute atomic E-state index is 9.39. The first-order valence-electron chi connectivity index (χ1n) is 6.22. The molecule has 0 amide bonds. The second-order valence-corrected chi connectivity index (χ2v) is 6.73. The fraction of sp³-hybridized carbons (Fsp3) is 0. The van der Waals surface area contributed by atoms with Crippen LogP contribution < -0.4 is 0 Å². The summed E-state index contributed by atoms with van der Waals surface area (Å²) in [6.45, 7) is 0. The number of thiophene rings is 1. The van der Waals surface area contributed by atoms with E-state index in [0.29, 0.717) is 10.6 Å². The number of fused-ring (bicyclic) bond motifs is 1. The SMILES string of the molecule is N#C/C(=C(/Cl)c1ccc2cc(Br)ccc2c1)c1cccs1. The van der Waals surface area contributed by atoms with Gasteiger partial charge in [0.05, 0.1) is 10.6 Å². The summed E-state index contributed by atoms with van der Waals surface area (Å²) in [6, 6.07) is 18.1. The lowest BCUT2D eigenvalue weighted by Crippen LogP contribution is -1.84. The largest absolute Gasteiger partial charge is 0.192 e. The molecule has 0 aliphatic rings. The number of nitriles is 1. The molecule has 0 saturated heterocycles. The van der Waals surface area contributed by atoms with E-state index in [4.69, 9.17) is 11.6 Å². The minimum Gasteiger partial charge on any atom is -0.192 e. The van der Waals surface area contributed by atoms with Crippen LogP contribution in [0.15, 0.2) is 58.4 Å². The highest BCUT2D eigenvalue weighted by molar-refractivity contribution is 9.10. The Kier molecular flexibility index (Phi) is 4.12. The van der Waals surface area contributed by atoms with Crippen LogP contribution >= 0.6 is 38.9 Å². The summed E-state index contributed by atoms with van der Waals surface area (Å²) in [4.78, 5) is 0.887. The van der Waals surface area contributed by atoms with Gasteiger partial charge in [0, 0.05) is 9.35 Å². The van der Waals surface area contributed by atoms with E-state index >= 15 is 0 Å². The van der Waals surface area contributed by atoms with Gasteiger partial charge in [-0.1, -0.05) is 51.8 Å². The zero-order valence-corrected chi connectivity index (χ0v) is 14.0. The maximum Gasteiger partial charge on any atom is 0.102 e. The predicted molar refractivity (Wildman–Crippen MR) is 94.2 cm³/mol. The molecular weight excluding hydrogens is 366 g/mol. The van der Waals surface area contributed by atoms with Crippen molar-refractivity contribution in [2.24, 2.45) is 0 Å². The Bertz CT molecular complexity index is 875. The minimum absolute atomic E-state index is 0.491. The van der Waals surface area contributed by atoms with Crippen molar-refractivity contribution in [3.05, 3.63) is 68.8 Å². The molecule has 1 nitrogen and oxygen atoms in total. The van der Waals surface area contributed by atoms with Crippen molar-refractivity contribution < 1.29 is 0 Å². The van der Waals surface area contributed by atoms with E-state index in [1.807, 2.05) is 47.8 Å².